The Morgan fingerprint density at radius 1 is 0.250 bits per heavy atom. The van der Waals surface area contributed by atoms with Crippen LogP contribution in [0.25, 0.3) is 0 Å². The van der Waals surface area contributed by atoms with Crippen molar-refractivity contribution in [3.63, 3.8) is 0 Å². The van der Waals surface area contributed by atoms with Crippen molar-refractivity contribution in [1.29, 1.82) is 0 Å². The molecule has 0 aliphatic carbocycles. The Balaban J connectivity index is 5.22. The van der Waals surface area contributed by atoms with Gasteiger partial charge in [-0.2, -0.15) is 0 Å². The van der Waals surface area contributed by atoms with Crippen LogP contribution in [0.15, 0.2) is 0 Å². The second-order valence-corrected chi connectivity index (χ2v) is 36.6. The Kier molecular flexibility index (Phi) is 84.0. The van der Waals surface area contributed by atoms with E-state index in [0.29, 0.717) is 25.7 Å². The van der Waals surface area contributed by atoms with Crippen LogP contribution in [0, 0.1) is 5.92 Å². The van der Waals surface area contributed by atoms with Crippen molar-refractivity contribution in [3.8, 4) is 0 Å². The first-order chi connectivity index (χ1) is 54.6. The zero-order chi connectivity index (χ0) is 81.8. The number of aliphatic hydroxyl groups excluding tert-OH is 1. The summed E-state index contributed by atoms with van der Waals surface area (Å²) in [5.41, 5.74) is 0. The molecule has 0 saturated heterocycles. The molecule has 3 unspecified atom stereocenters. The van der Waals surface area contributed by atoms with Crippen molar-refractivity contribution in [2.24, 2.45) is 5.92 Å². The number of ether oxygens (including phenoxy) is 4. The number of carbonyl (C=O) groups is 4. The molecule has 0 bridgehead atoms. The van der Waals surface area contributed by atoms with Gasteiger partial charge in [-0.25, -0.2) is 9.13 Å². The van der Waals surface area contributed by atoms with E-state index in [4.69, 9.17) is 37.0 Å². The number of hydrogen-bond acceptors (Lipinski definition) is 15. The van der Waals surface area contributed by atoms with Crippen LogP contribution < -0.4 is 0 Å². The lowest BCUT2D eigenvalue weighted by molar-refractivity contribution is -0.161. The predicted octanol–water partition coefficient (Wildman–Crippen LogP) is 29.1. The number of rotatable bonds is 93. The Bertz CT molecular complexity index is 2120. The summed E-state index contributed by atoms with van der Waals surface area (Å²) in [7, 11) is -9.94. The van der Waals surface area contributed by atoms with E-state index in [1.165, 1.54) is 334 Å². The average molecular weight is 1630 g/mol. The molecule has 0 aliphatic heterocycles. The second kappa shape index (κ2) is 85.5. The van der Waals surface area contributed by atoms with E-state index in [1.807, 2.05) is 0 Å². The van der Waals surface area contributed by atoms with Gasteiger partial charge in [-0.1, -0.05) is 458 Å². The van der Waals surface area contributed by atoms with Crippen LogP contribution in [0.2, 0.25) is 0 Å². The fourth-order valence-electron chi connectivity index (χ4n) is 14.7. The zero-order valence-corrected chi connectivity index (χ0v) is 75.6. The van der Waals surface area contributed by atoms with Gasteiger partial charge in [-0.3, -0.25) is 37.3 Å². The molecule has 0 aromatic rings. The minimum absolute atomic E-state index is 0.109. The van der Waals surface area contributed by atoms with Gasteiger partial charge in [0.2, 0.25) is 0 Å². The smallest absolute Gasteiger partial charge is 0.462 e. The first-order valence-corrected chi connectivity index (χ1v) is 51.2. The van der Waals surface area contributed by atoms with Gasteiger partial charge in [0.15, 0.2) is 12.2 Å². The van der Waals surface area contributed by atoms with Gasteiger partial charge in [0.05, 0.1) is 26.4 Å². The summed E-state index contributed by atoms with van der Waals surface area (Å²) in [5.74, 6) is -1.25. The van der Waals surface area contributed by atoms with Crippen LogP contribution in [-0.2, 0) is 65.4 Å². The number of esters is 4. The first kappa shape index (κ1) is 110. The minimum atomic E-state index is -4.97. The zero-order valence-electron chi connectivity index (χ0n) is 73.8. The first-order valence-electron chi connectivity index (χ1n) is 48.2. The number of phosphoric ester groups is 2. The van der Waals surface area contributed by atoms with Crippen molar-refractivity contribution in [2.45, 2.75) is 528 Å². The highest BCUT2D eigenvalue weighted by Gasteiger charge is 2.31. The van der Waals surface area contributed by atoms with E-state index in [1.54, 1.807) is 0 Å². The van der Waals surface area contributed by atoms with Crippen molar-refractivity contribution < 1.29 is 80.2 Å². The maximum absolute atomic E-state index is 13.2. The highest BCUT2D eigenvalue weighted by atomic mass is 31.2. The third kappa shape index (κ3) is 84.5. The van der Waals surface area contributed by atoms with Gasteiger partial charge < -0.3 is 33.8 Å². The standard InChI is InChI=1S/C93H182O17P2/c1-6-10-13-16-19-22-25-27-29-31-33-35-37-39-41-43-48-53-58-63-68-73-78-92(97)110-89(83-104-91(96)77-72-67-62-57-52-47-42-40-38-36-34-32-30-28-26-23-20-17-14-11-7-2)85-108-112(101,102)106-81-87(94)80-105-111(99,100)107-84-88(82-103-90(95)76-71-66-61-56-50-24-21-18-15-12-8-3)109-93(98)79-74-69-64-59-54-49-45-44-46-51-55-60-65-70-75-86(5)9-4/h86-89,94H,6-85H2,1-5H3,(H,99,100)(H,101,102)/t86?,87-,88+,89+/m0/s1. The van der Waals surface area contributed by atoms with Crippen LogP contribution in [0.3, 0.4) is 0 Å². The molecule has 0 aromatic heterocycles. The lowest BCUT2D eigenvalue weighted by Crippen LogP contribution is -2.30. The molecule has 666 valence electrons. The number of phosphoric acid groups is 2. The molecule has 0 aromatic carbocycles. The number of unbranched alkanes of at least 4 members (excludes halogenated alkanes) is 64. The third-order valence-electron chi connectivity index (χ3n) is 22.4. The summed E-state index contributed by atoms with van der Waals surface area (Å²) >= 11 is 0. The lowest BCUT2D eigenvalue weighted by atomic mass is 9.99. The molecular weight excluding hydrogens is 1450 g/mol. The summed E-state index contributed by atoms with van der Waals surface area (Å²) < 4.78 is 69.1. The molecule has 17 nitrogen and oxygen atoms in total. The topological polar surface area (TPSA) is 237 Å². The van der Waals surface area contributed by atoms with Crippen molar-refractivity contribution in [3.05, 3.63) is 0 Å². The van der Waals surface area contributed by atoms with Crippen molar-refractivity contribution in [1.82, 2.24) is 0 Å². The number of carbonyl (C=O) groups excluding carboxylic acids is 4. The third-order valence-corrected chi connectivity index (χ3v) is 24.3. The molecule has 0 saturated carbocycles. The van der Waals surface area contributed by atoms with E-state index in [9.17, 15) is 43.2 Å². The van der Waals surface area contributed by atoms with Crippen LogP contribution in [-0.4, -0.2) is 96.7 Å². The van der Waals surface area contributed by atoms with E-state index < -0.39 is 97.5 Å². The summed E-state index contributed by atoms with van der Waals surface area (Å²) in [4.78, 5) is 73.5. The molecule has 0 aliphatic rings. The molecule has 19 heteroatoms. The molecule has 0 spiro atoms. The Morgan fingerprint density at radius 3 is 0.634 bits per heavy atom. The van der Waals surface area contributed by atoms with Gasteiger partial charge in [0.1, 0.15) is 19.3 Å². The predicted molar refractivity (Wildman–Crippen MR) is 465 cm³/mol. The molecule has 6 atom stereocenters. The Labute approximate surface area is 689 Å². The van der Waals surface area contributed by atoms with Crippen molar-refractivity contribution in [2.75, 3.05) is 39.6 Å². The fraction of sp³-hybridized carbons (Fsp3) is 0.957. The summed E-state index contributed by atoms with van der Waals surface area (Å²) in [6, 6.07) is 0. The van der Waals surface area contributed by atoms with Crippen LogP contribution in [0.5, 0.6) is 0 Å². The van der Waals surface area contributed by atoms with E-state index >= 15 is 0 Å². The largest absolute Gasteiger partial charge is 0.472 e. The van der Waals surface area contributed by atoms with E-state index in [2.05, 4.69) is 34.6 Å². The molecule has 112 heavy (non-hydrogen) atoms. The SMILES string of the molecule is CCCCCCCCCCCCCCCCCCCCCCCCC(=O)O[C@H](COC(=O)CCCCCCCCCCCCCCCCCCCCCCC)COP(=O)(O)OC[C@@H](O)COP(=O)(O)OC[C@@H](COC(=O)CCCCCCCCCCCCC)OC(=O)CCCCCCCCCCCCCCCCC(C)CC. The molecule has 0 rings (SSSR count). The normalized spacial score (nSPS) is 13.9. The molecule has 0 heterocycles. The molecule has 3 N–H and O–H groups in total. The minimum Gasteiger partial charge on any atom is -0.462 e. The maximum atomic E-state index is 13.2. The quantitative estimate of drug-likeness (QED) is 0.0222. The highest BCUT2D eigenvalue weighted by Crippen LogP contribution is 2.45. The van der Waals surface area contributed by atoms with Gasteiger partial charge in [-0.15, -0.1) is 0 Å². The second-order valence-electron chi connectivity index (χ2n) is 33.6. The number of hydrogen-bond donors (Lipinski definition) is 3. The van der Waals surface area contributed by atoms with Crippen LogP contribution in [0.1, 0.15) is 510 Å². The maximum Gasteiger partial charge on any atom is 0.472 e. The molecule has 0 fully saturated rings. The molecule has 0 radical (unpaired) electrons. The summed E-state index contributed by atoms with van der Waals surface area (Å²) in [6.07, 6.45) is 82.1. The average Bonchev–Trinajstić information content (AvgIpc) is 0.898. The summed E-state index contributed by atoms with van der Waals surface area (Å²) in [5, 5.41) is 10.7. The molecule has 0 amide bonds. The Hall–Kier alpha value is -1.94. The monoisotopic (exact) mass is 1630 g/mol. The summed E-state index contributed by atoms with van der Waals surface area (Å²) in [6.45, 7) is 7.45. The van der Waals surface area contributed by atoms with Gasteiger partial charge in [0.25, 0.3) is 0 Å². The van der Waals surface area contributed by atoms with Crippen LogP contribution >= 0.6 is 15.6 Å². The van der Waals surface area contributed by atoms with E-state index in [0.717, 1.165) is 95.8 Å². The lowest BCUT2D eigenvalue weighted by Gasteiger charge is -2.21. The molecular formula is C93H182O17P2. The van der Waals surface area contributed by atoms with Crippen molar-refractivity contribution >= 4 is 39.5 Å². The van der Waals surface area contributed by atoms with E-state index in [-0.39, 0.29) is 25.7 Å². The highest BCUT2D eigenvalue weighted by molar-refractivity contribution is 7.47. The van der Waals surface area contributed by atoms with Gasteiger partial charge >= 0.3 is 39.5 Å². The Morgan fingerprint density at radius 2 is 0.429 bits per heavy atom. The fourth-order valence-corrected chi connectivity index (χ4v) is 16.3. The number of aliphatic hydroxyl groups is 1. The van der Waals surface area contributed by atoms with Gasteiger partial charge in [0, 0.05) is 25.7 Å². The van der Waals surface area contributed by atoms with Gasteiger partial charge in [-0.05, 0) is 31.6 Å². The van der Waals surface area contributed by atoms with Crippen LogP contribution in [0.4, 0.5) is 0 Å².